The van der Waals surface area contributed by atoms with Gasteiger partial charge in [-0.25, -0.2) is 15.0 Å². The molecule has 0 saturated carbocycles. The Labute approximate surface area is 174 Å². The van der Waals surface area contributed by atoms with E-state index >= 15 is 0 Å². The number of benzene rings is 2. The SMILES string of the molecule is N#Cc1c(SCC(=O)Nc2ccc(Cl)cc2)nc2nc3ccccc3nc2c1N. The number of pyridine rings is 1. The van der Waals surface area contributed by atoms with Crippen molar-refractivity contribution in [3.05, 3.63) is 59.1 Å². The molecular weight excluding hydrogens is 408 g/mol. The number of rotatable bonds is 4. The van der Waals surface area contributed by atoms with Crippen molar-refractivity contribution in [2.24, 2.45) is 0 Å². The number of halogens is 1. The van der Waals surface area contributed by atoms with E-state index in [1.54, 1.807) is 24.3 Å². The number of nitrogens with two attached hydrogens (primary N) is 1. The summed E-state index contributed by atoms with van der Waals surface area (Å²) in [6.07, 6.45) is 0. The largest absolute Gasteiger partial charge is 0.396 e. The lowest BCUT2D eigenvalue weighted by molar-refractivity contribution is -0.113. The number of carbonyl (C=O) groups is 1. The van der Waals surface area contributed by atoms with Gasteiger partial charge in [-0.05, 0) is 36.4 Å². The Bertz CT molecular complexity index is 1290. The van der Waals surface area contributed by atoms with Gasteiger partial charge in [0.25, 0.3) is 0 Å². The highest BCUT2D eigenvalue weighted by Gasteiger charge is 2.17. The molecule has 3 N–H and O–H groups in total. The summed E-state index contributed by atoms with van der Waals surface area (Å²) in [5, 5.41) is 13.2. The first-order valence-electron chi connectivity index (χ1n) is 8.49. The van der Waals surface area contributed by atoms with E-state index in [-0.39, 0.29) is 22.9 Å². The van der Waals surface area contributed by atoms with Crippen LogP contribution in [0.1, 0.15) is 5.56 Å². The van der Waals surface area contributed by atoms with E-state index in [1.165, 1.54) is 0 Å². The molecule has 0 atom stereocenters. The smallest absolute Gasteiger partial charge is 0.234 e. The van der Waals surface area contributed by atoms with E-state index < -0.39 is 0 Å². The van der Waals surface area contributed by atoms with Crippen molar-refractivity contribution in [2.45, 2.75) is 5.03 Å². The number of fused-ring (bicyclic) bond motifs is 2. The average molecular weight is 421 g/mol. The van der Waals surface area contributed by atoms with Gasteiger partial charge < -0.3 is 11.1 Å². The molecule has 4 rings (SSSR count). The van der Waals surface area contributed by atoms with Crippen molar-refractivity contribution in [3.63, 3.8) is 0 Å². The standard InChI is InChI=1S/C20H13ClN6OS/c21-11-5-7-12(8-6-11)24-16(28)10-29-20-13(9-22)17(23)18-19(27-20)26-15-4-2-1-3-14(15)25-18/h1-8H,10H2,(H,24,28)(H2,23,26,27). The van der Waals surface area contributed by atoms with Crippen molar-refractivity contribution >= 4 is 62.8 Å². The van der Waals surface area contributed by atoms with Crippen molar-refractivity contribution in [1.29, 1.82) is 5.26 Å². The summed E-state index contributed by atoms with van der Waals surface area (Å²) in [6, 6.07) is 16.2. The second kappa shape index (κ2) is 7.91. The van der Waals surface area contributed by atoms with Crippen LogP contribution < -0.4 is 11.1 Å². The van der Waals surface area contributed by atoms with Crippen LogP contribution in [0.15, 0.2) is 53.6 Å². The second-order valence-corrected chi connectivity index (χ2v) is 7.45. The van der Waals surface area contributed by atoms with Crippen LogP contribution in [0.2, 0.25) is 5.02 Å². The molecule has 0 radical (unpaired) electrons. The van der Waals surface area contributed by atoms with Crippen LogP contribution in [0, 0.1) is 11.3 Å². The molecule has 0 unspecified atom stereocenters. The number of para-hydroxylation sites is 2. The van der Waals surface area contributed by atoms with Crippen LogP contribution in [0.25, 0.3) is 22.2 Å². The highest BCUT2D eigenvalue weighted by atomic mass is 35.5. The summed E-state index contributed by atoms with van der Waals surface area (Å²) < 4.78 is 0. The summed E-state index contributed by atoms with van der Waals surface area (Å²) >= 11 is 6.96. The number of amides is 1. The third kappa shape index (κ3) is 3.92. The monoisotopic (exact) mass is 420 g/mol. The van der Waals surface area contributed by atoms with E-state index in [0.29, 0.717) is 37.9 Å². The summed E-state index contributed by atoms with van der Waals surface area (Å²) in [7, 11) is 0. The molecule has 0 bridgehead atoms. The fourth-order valence-electron chi connectivity index (χ4n) is 2.71. The van der Waals surface area contributed by atoms with E-state index in [1.807, 2.05) is 24.3 Å². The van der Waals surface area contributed by atoms with Gasteiger partial charge in [-0.15, -0.1) is 0 Å². The predicted molar refractivity (Wildman–Crippen MR) is 115 cm³/mol. The summed E-state index contributed by atoms with van der Waals surface area (Å²) in [6.45, 7) is 0. The number of aromatic nitrogens is 3. The molecular formula is C20H13ClN6OS. The number of hydrogen-bond donors (Lipinski definition) is 2. The Balaban J connectivity index is 1.62. The minimum atomic E-state index is -0.244. The average Bonchev–Trinajstić information content (AvgIpc) is 2.73. The van der Waals surface area contributed by atoms with E-state index in [2.05, 4.69) is 26.3 Å². The molecule has 2 heterocycles. The number of carbonyl (C=O) groups excluding carboxylic acids is 1. The fourth-order valence-corrected chi connectivity index (χ4v) is 3.63. The summed E-state index contributed by atoms with van der Waals surface area (Å²) in [4.78, 5) is 25.7. The summed E-state index contributed by atoms with van der Waals surface area (Å²) in [5.74, 6) is -0.192. The minimum absolute atomic E-state index is 0.0518. The molecule has 0 saturated heterocycles. The van der Waals surface area contributed by atoms with E-state index in [0.717, 1.165) is 11.8 Å². The van der Waals surface area contributed by atoms with Crippen molar-refractivity contribution in [1.82, 2.24) is 15.0 Å². The molecule has 1 amide bonds. The third-order valence-corrected chi connectivity index (χ3v) is 5.31. The Morgan fingerprint density at radius 2 is 1.79 bits per heavy atom. The number of nitrogens with one attached hydrogen (secondary N) is 1. The van der Waals surface area contributed by atoms with Gasteiger partial charge in [-0.1, -0.05) is 35.5 Å². The van der Waals surface area contributed by atoms with Gasteiger partial charge in [0.1, 0.15) is 22.2 Å². The molecule has 0 aliphatic rings. The lowest BCUT2D eigenvalue weighted by atomic mass is 10.2. The first-order chi connectivity index (χ1) is 14.0. The molecule has 7 nitrogen and oxygen atoms in total. The van der Waals surface area contributed by atoms with Crippen molar-refractivity contribution in [3.8, 4) is 6.07 Å². The zero-order valence-electron chi connectivity index (χ0n) is 14.9. The van der Waals surface area contributed by atoms with Crippen molar-refractivity contribution in [2.75, 3.05) is 16.8 Å². The zero-order chi connectivity index (χ0) is 20.4. The first-order valence-corrected chi connectivity index (χ1v) is 9.86. The quantitative estimate of drug-likeness (QED) is 0.378. The Morgan fingerprint density at radius 3 is 2.48 bits per heavy atom. The zero-order valence-corrected chi connectivity index (χ0v) is 16.5. The third-order valence-electron chi connectivity index (χ3n) is 4.08. The van der Waals surface area contributed by atoms with Gasteiger partial charge in [0.05, 0.1) is 22.5 Å². The number of nitrogen functional groups attached to an aromatic ring is 1. The molecule has 4 aromatic rings. The van der Waals surface area contributed by atoms with E-state index in [4.69, 9.17) is 17.3 Å². The lowest BCUT2D eigenvalue weighted by Gasteiger charge is -2.09. The molecule has 29 heavy (non-hydrogen) atoms. The highest BCUT2D eigenvalue weighted by molar-refractivity contribution is 8.00. The van der Waals surface area contributed by atoms with Crippen LogP contribution >= 0.6 is 23.4 Å². The van der Waals surface area contributed by atoms with Crippen LogP contribution in [-0.2, 0) is 4.79 Å². The van der Waals surface area contributed by atoms with Crippen LogP contribution in [0.3, 0.4) is 0 Å². The number of thioether (sulfide) groups is 1. The Morgan fingerprint density at radius 1 is 1.10 bits per heavy atom. The second-order valence-electron chi connectivity index (χ2n) is 6.05. The first kappa shape index (κ1) is 18.9. The maximum absolute atomic E-state index is 12.3. The summed E-state index contributed by atoms with van der Waals surface area (Å²) in [5.41, 5.74) is 9.24. The topological polar surface area (TPSA) is 118 Å². The van der Waals surface area contributed by atoms with Gasteiger partial charge in [0.15, 0.2) is 5.65 Å². The Kier molecular flexibility index (Phi) is 5.16. The minimum Gasteiger partial charge on any atom is -0.396 e. The van der Waals surface area contributed by atoms with Crippen LogP contribution in [0.4, 0.5) is 11.4 Å². The predicted octanol–water partition coefficient (Wildman–Crippen LogP) is 4.02. The number of hydrogen-bond acceptors (Lipinski definition) is 7. The number of nitrogens with zero attached hydrogens (tertiary/aromatic N) is 4. The molecule has 0 aliphatic carbocycles. The molecule has 0 spiro atoms. The Hall–Kier alpha value is -3.41. The fraction of sp³-hybridized carbons (Fsp3) is 0.0500. The van der Waals surface area contributed by atoms with Crippen LogP contribution in [-0.4, -0.2) is 26.6 Å². The lowest BCUT2D eigenvalue weighted by Crippen LogP contribution is -2.14. The maximum Gasteiger partial charge on any atom is 0.234 e. The molecule has 2 aromatic carbocycles. The highest BCUT2D eigenvalue weighted by Crippen LogP contribution is 2.30. The van der Waals surface area contributed by atoms with Gasteiger partial charge in [0, 0.05) is 10.7 Å². The van der Waals surface area contributed by atoms with Gasteiger partial charge in [-0.3, -0.25) is 4.79 Å². The van der Waals surface area contributed by atoms with Gasteiger partial charge in [0.2, 0.25) is 5.91 Å². The van der Waals surface area contributed by atoms with E-state index in [9.17, 15) is 10.1 Å². The van der Waals surface area contributed by atoms with Crippen LogP contribution in [0.5, 0.6) is 0 Å². The van der Waals surface area contributed by atoms with Gasteiger partial charge >= 0.3 is 0 Å². The van der Waals surface area contributed by atoms with Crippen molar-refractivity contribution < 1.29 is 4.79 Å². The molecule has 0 aliphatic heterocycles. The molecule has 142 valence electrons. The number of anilines is 2. The molecule has 0 fully saturated rings. The molecule has 9 heteroatoms. The normalized spacial score (nSPS) is 10.8. The maximum atomic E-state index is 12.3. The number of nitriles is 1. The van der Waals surface area contributed by atoms with Gasteiger partial charge in [-0.2, -0.15) is 5.26 Å². The molecule has 2 aromatic heterocycles.